The molecular formula is C21H21N5O2S2. The first kappa shape index (κ1) is 19.3. The first-order valence-corrected chi connectivity index (χ1v) is 11.7. The summed E-state index contributed by atoms with van der Waals surface area (Å²) in [6, 6.07) is 3.63. The largest absolute Gasteiger partial charge is 0.461 e. The molecule has 0 aromatic carbocycles. The third kappa shape index (κ3) is 3.52. The number of fused-ring (bicyclic) bond motifs is 1. The molecule has 0 atom stereocenters. The van der Waals surface area contributed by atoms with Crippen molar-refractivity contribution in [1.82, 2.24) is 20.2 Å². The van der Waals surface area contributed by atoms with Crippen LogP contribution in [0.2, 0.25) is 0 Å². The van der Waals surface area contributed by atoms with E-state index < -0.39 is 0 Å². The van der Waals surface area contributed by atoms with Gasteiger partial charge in [0.25, 0.3) is 5.91 Å². The first-order valence-electron chi connectivity index (χ1n) is 10.1. The van der Waals surface area contributed by atoms with Gasteiger partial charge in [-0.2, -0.15) is 0 Å². The van der Waals surface area contributed by atoms with Crippen LogP contribution in [-0.2, 0) is 0 Å². The Balaban J connectivity index is 1.41. The normalized spacial score (nSPS) is 15.0. The quantitative estimate of drug-likeness (QED) is 0.437. The molecule has 0 radical (unpaired) electrons. The molecule has 0 spiro atoms. The predicted octanol–water partition coefficient (Wildman–Crippen LogP) is 5.72. The van der Waals surface area contributed by atoms with Crippen LogP contribution in [0.5, 0.6) is 0 Å². The van der Waals surface area contributed by atoms with Crippen LogP contribution >= 0.6 is 22.7 Å². The minimum Gasteiger partial charge on any atom is -0.461 e. The Morgan fingerprint density at radius 2 is 1.97 bits per heavy atom. The van der Waals surface area contributed by atoms with E-state index in [0.29, 0.717) is 27.5 Å². The van der Waals surface area contributed by atoms with E-state index >= 15 is 0 Å². The molecule has 7 nitrogen and oxygen atoms in total. The van der Waals surface area contributed by atoms with E-state index in [9.17, 15) is 4.79 Å². The maximum Gasteiger partial charge on any atom is 0.267 e. The number of anilines is 1. The predicted molar refractivity (Wildman–Crippen MR) is 118 cm³/mol. The number of hydrogen-bond acceptors (Lipinski definition) is 8. The molecule has 1 fully saturated rings. The second kappa shape index (κ2) is 7.88. The topological polar surface area (TPSA) is 93.8 Å². The van der Waals surface area contributed by atoms with Crippen molar-refractivity contribution >= 4 is 43.9 Å². The van der Waals surface area contributed by atoms with E-state index in [0.717, 1.165) is 39.3 Å². The summed E-state index contributed by atoms with van der Waals surface area (Å²) in [5.74, 6) is 1.44. The molecule has 4 aromatic rings. The number of amides is 1. The molecule has 4 aromatic heterocycles. The lowest BCUT2D eigenvalue weighted by atomic mass is 9.90. The van der Waals surface area contributed by atoms with E-state index in [1.165, 1.54) is 41.9 Å². The molecular weight excluding hydrogens is 418 g/mol. The monoisotopic (exact) mass is 439 g/mol. The number of nitrogens with one attached hydrogen (secondary N) is 1. The number of hydrogen-bond donors (Lipinski definition) is 1. The van der Waals surface area contributed by atoms with Crippen LogP contribution in [-0.4, -0.2) is 26.1 Å². The highest BCUT2D eigenvalue weighted by molar-refractivity contribution is 7.21. The molecule has 0 bridgehead atoms. The number of thiophene rings is 1. The molecule has 154 valence electrons. The van der Waals surface area contributed by atoms with E-state index in [4.69, 9.17) is 4.42 Å². The molecule has 0 aliphatic heterocycles. The summed E-state index contributed by atoms with van der Waals surface area (Å²) in [7, 11) is 0. The van der Waals surface area contributed by atoms with Gasteiger partial charge >= 0.3 is 0 Å². The maximum absolute atomic E-state index is 13.0. The fraction of sp³-hybridized carbons (Fsp3) is 0.381. The van der Waals surface area contributed by atoms with Gasteiger partial charge in [-0.05, 0) is 44.4 Å². The molecule has 9 heteroatoms. The zero-order valence-electron chi connectivity index (χ0n) is 16.8. The van der Waals surface area contributed by atoms with Gasteiger partial charge in [-0.25, -0.2) is 9.97 Å². The Morgan fingerprint density at radius 3 is 2.73 bits per heavy atom. The number of furan rings is 1. The van der Waals surface area contributed by atoms with E-state index in [2.05, 4.69) is 25.5 Å². The standard InChI is InChI=1S/C21H21N5O2S2/c1-11-15-12(2)22-17(14-9-6-10-28-14)23-20(15)29-16(11)18(27)24-21-26-25-19(30-21)13-7-4-3-5-8-13/h6,9-10,13H,3-5,7-8H2,1-2H3,(H,24,26,27). The number of aryl methyl sites for hydroxylation is 2. The van der Waals surface area contributed by atoms with Crippen LogP contribution in [0.15, 0.2) is 22.8 Å². The number of carbonyl (C=O) groups excluding carboxylic acids is 1. The van der Waals surface area contributed by atoms with Crippen molar-refractivity contribution in [3.05, 3.63) is 39.5 Å². The number of nitrogens with zero attached hydrogens (tertiary/aromatic N) is 4. The second-order valence-electron chi connectivity index (χ2n) is 7.58. The van der Waals surface area contributed by atoms with Crippen molar-refractivity contribution in [2.75, 3.05) is 5.32 Å². The fourth-order valence-corrected chi connectivity index (χ4v) is 6.06. The molecule has 1 aliphatic rings. The highest BCUT2D eigenvalue weighted by Crippen LogP contribution is 2.36. The van der Waals surface area contributed by atoms with Gasteiger partial charge in [0, 0.05) is 11.3 Å². The van der Waals surface area contributed by atoms with Crippen LogP contribution < -0.4 is 5.32 Å². The van der Waals surface area contributed by atoms with E-state index in [1.807, 2.05) is 19.9 Å². The summed E-state index contributed by atoms with van der Waals surface area (Å²) < 4.78 is 5.43. The minimum absolute atomic E-state index is 0.180. The zero-order chi connectivity index (χ0) is 20.7. The lowest BCUT2D eigenvalue weighted by molar-refractivity contribution is 0.103. The van der Waals surface area contributed by atoms with Gasteiger partial charge < -0.3 is 4.42 Å². The number of carbonyl (C=O) groups is 1. The van der Waals surface area contributed by atoms with Crippen LogP contribution in [0.4, 0.5) is 5.13 Å². The average Bonchev–Trinajstić information content (AvgIpc) is 3.49. The van der Waals surface area contributed by atoms with Crippen molar-refractivity contribution in [1.29, 1.82) is 0 Å². The van der Waals surface area contributed by atoms with Gasteiger partial charge in [0.15, 0.2) is 11.6 Å². The van der Waals surface area contributed by atoms with Crippen molar-refractivity contribution < 1.29 is 9.21 Å². The summed E-state index contributed by atoms with van der Waals surface area (Å²) in [5, 5.41) is 14.0. The van der Waals surface area contributed by atoms with Gasteiger partial charge in [0.1, 0.15) is 9.84 Å². The average molecular weight is 440 g/mol. The Morgan fingerprint density at radius 1 is 1.13 bits per heavy atom. The van der Waals surface area contributed by atoms with E-state index in [1.54, 1.807) is 12.3 Å². The van der Waals surface area contributed by atoms with Crippen molar-refractivity contribution in [2.45, 2.75) is 51.9 Å². The Labute approximate surface area is 181 Å². The van der Waals surface area contributed by atoms with Crippen molar-refractivity contribution in [2.24, 2.45) is 0 Å². The lowest BCUT2D eigenvalue weighted by Gasteiger charge is -2.18. The molecule has 5 rings (SSSR count). The Hall–Kier alpha value is -2.65. The smallest absolute Gasteiger partial charge is 0.267 e. The first-order chi connectivity index (χ1) is 14.6. The lowest BCUT2D eigenvalue weighted by Crippen LogP contribution is -2.11. The van der Waals surface area contributed by atoms with Crippen molar-refractivity contribution in [3.63, 3.8) is 0 Å². The third-order valence-corrected chi connectivity index (χ3v) is 7.72. The van der Waals surface area contributed by atoms with Gasteiger partial charge in [-0.3, -0.25) is 10.1 Å². The Kier molecular flexibility index (Phi) is 5.08. The van der Waals surface area contributed by atoms with Crippen LogP contribution in [0.1, 0.15) is 64.0 Å². The molecule has 0 unspecified atom stereocenters. The summed E-state index contributed by atoms with van der Waals surface area (Å²) >= 11 is 2.85. The summed E-state index contributed by atoms with van der Waals surface area (Å²) in [6.07, 6.45) is 7.71. The molecule has 1 N–H and O–H groups in total. The second-order valence-corrected chi connectivity index (χ2v) is 9.59. The van der Waals surface area contributed by atoms with Gasteiger partial charge in [-0.15, -0.1) is 21.5 Å². The minimum atomic E-state index is -0.180. The highest BCUT2D eigenvalue weighted by Gasteiger charge is 2.23. The number of rotatable bonds is 4. The zero-order valence-corrected chi connectivity index (χ0v) is 18.4. The summed E-state index contributed by atoms with van der Waals surface area (Å²) in [5.41, 5.74) is 1.71. The van der Waals surface area contributed by atoms with Crippen LogP contribution in [0, 0.1) is 13.8 Å². The molecule has 0 saturated heterocycles. The molecule has 1 saturated carbocycles. The van der Waals surface area contributed by atoms with Gasteiger partial charge in [0.05, 0.1) is 16.8 Å². The molecule has 1 amide bonds. The summed E-state index contributed by atoms with van der Waals surface area (Å²) in [6.45, 7) is 3.86. The van der Waals surface area contributed by atoms with Crippen molar-refractivity contribution in [3.8, 4) is 11.6 Å². The Bertz CT molecular complexity index is 1210. The van der Waals surface area contributed by atoms with Crippen LogP contribution in [0.3, 0.4) is 0 Å². The molecule has 30 heavy (non-hydrogen) atoms. The van der Waals surface area contributed by atoms with Gasteiger partial charge in [0.2, 0.25) is 5.13 Å². The molecule has 4 heterocycles. The summed E-state index contributed by atoms with van der Waals surface area (Å²) in [4.78, 5) is 23.6. The number of aromatic nitrogens is 4. The molecule has 1 aliphatic carbocycles. The van der Waals surface area contributed by atoms with Crippen LogP contribution in [0.25, 0.3) is 21.8 Å². The van der Waals surface area contributed by atoms with Gasteiger partial charge in [-0.1, -0.05) is 30.6 Å². The third-order valence-electron chi connectivity index (χ3n) is 5.53. The van der Waals surface area contributed by atoms with E-state index in [-0.39, 0.29) is 5.91 Å². The fourth-order valence-electron chi connectivity index (χ4n) is 4.03. The highest BCUT2D eigenvalue weighted by atomic mass is 32.1. The SMILES string of the molecule is Cc1nc(-c2ccco2)nc2sc(C(=O)Nc3nnc(C4CCCCC4)s3)c(C)c12. The maximum atomic E-state index is 13.0.